The van der Waals surface area contributed by atoms with Crippen LogP contribution in [0.2, 0.25) is 0 Å². The Balaban J connectivity index is 2.17. The zero-order valence-electron chi connectivity index (χ0n) is 12.9. The van der Waals surface area contributed by atoms with E-state index in [4.69, 9.17) is 0 Å². The minimum Gasteiger partial charge on any atom is -0.390 e. The van der Waals surface area contributed by atoms with Crippen LogP contribution < -0.4 is 5.32 Å². The van der Waals surface area contributed by atoms with Gasteiger partial charge < -0.3 is 15.3 Å². The van der Waals surface area contributed by atoms with Gasteiger partial charge in [0, 0.05) is 12.1 Å². The standard InChI is InChI=1S/C15H32N2O/c1-14(2,3)16-12-13-6-9-17(10-7-13)11-8-15(4,5)18/h13,16,18H,6-12H2,1-5H3. The highest BCUT2D eigenvalue weighted by Gasteiger charge is 2.22. The summed E-state index contributed by atoms with van der Waals surface area (Å²) >= 11 is 0. The van der Waals surface area contributed by atoms with Crippen LogP contribution in [0, 0.1) is 5.92 Å². The molecule has 1 heterocycles. The molecule has 0 atom stereocenters. The maximum absolute atomic E-state index is 9.74. The summed E-state index contributed by atoms with van der Waals surface area (Å²) in [5, 5.41) is 13.3. The normalized spacial score (nSPS) is 20.3. The maximum atomic E-state index is 9.74. The fourth-order valence-corrected chi connectivity index (χ4v) is 2.30. The molecule has 0 aromatic heterocycles. The van der Waals surface area contributed by atoms with Crippen LogP contribution in [0.15, 0.2) is 0 Å². The number of aliphatic hydroxyl groups is 1. The van der Waals surface area contributed by atoms with Crippen molar-refractivity contribution < 1.29 is 5.11 Å². The lowest BCUT2D eigenvalue weighted by Gasteiger charge is -2.34. The Hall–Kier alpha value is -0.120. The van der Waals surface area contributed by atoms with Gasteiger partial charge in [-0.15, -0.1) is 0 Å². The third-order valence-corrected chi connectivity index (χ3v) is 3.67. The number of hydrogen-bond acceptors (Lipinski definition) is 3. The molecule has 1 saturated heterocycles. The summed E-state index contributed by atoms with van der Waals surface area (Å²) in [5.41, 5.74) is -0.289. The van der Waals surface area contributed by atoms with Gasteiger partial charge in [-0.1, -0.05) is 0 Å². The third kappa shape index (κ3) is 7.34. The molecule has 1 aliphatic heterocycles. The molecule has 0 spiro atoms. The molecule has 2 N–H and O–H groups in total. The fraction of sp³-hybridized carbons (Fsp3) is 1.00. The van der Waals surface area contributed by atoms with Crippen LogP contribution in [0.4, 0.5) is 0 Å². The topological polar surface area (TPSA) is 35.5 Å². The first-order valence-corrected chi connectivity index (χ1v) is 7.35. The molecule has 108 valence electrons. The highest BCUT2D eigenvalue weighted by molar-refractivity contribution is 4.79. The summed E-state index contributed by atoms with van der Waals surface area (Å²) in [6.45, 7) is 15.0. The van der Waals surface area contributed by atoms with Crippen molar-refractivity contribution in [1.82, 2.24) is 10.2 Å². The molecule has 0 radical (unpaired) electrons. The van der Waals surface area contributed by atoms with Crippen LogP contribution in [0.1, 0.15) is 53.9 Å². The lowest BCUT2D eigenvalue weighted by atomic mass is 9.94. The molecular weight excluding hydrogens is 224 g/mol. The van der Waals surface area contributed by atoms with Gasteiger partial charge in [-0.05, 0) is 79.4 Å². The van der Waals surface area contributed by atoms with Gasteiger partial charge in [0.15, 0.2) is 0 Å². The Morgan fingerprint density at radius 2 is 1.67 bits per heavy atom. The van der Waals surface area contributed by atoms with Gasteiger partial charge in [-0.2, -0.15) is 0 Å². The predicted octanol–water partition coefficient (Wildman–Crippen LogP) is 2.25. The maximum Gasteiger partial charge on any atom is 0.0603 e. The van der Waals surface area contributed by atoms with E-state index in [2.05, 4.69) is 31.0 Å². The Morgan fingerprint density at radius 3 is 2.11 bits per heavy atom. The summed E-state index contributed by atoms with van der Waals surface area (Å²) in [5.74, 6) is 0.822. The molecule has 18 heavy (non-hydrogen) atoms. The van der Waals surface area contributed by atoms with E-state index >= 15 is 0 Å². The largest absolute Gasteiger partial charge is 0.390 e. The first-order chi connectivity index (χ1) is 8.16. The van der Waals surface area contributed by atoms with Gasteiger partial charge >= 0.3 is 0 Å². The Morgan fingerprint density at radius 1 is 1.11 bits per heavy atom. The van der Waals surface area contributed by atoms with Crippen LogP contribution >= 0.6 is 0 Å². The predicted molar refractivity (Wildman–Crippen MR) is 77.8 cm³/mol. The zero-order valence-corrected chi connectivity index (χ0v) is 12.9. The summed E-state index contributed by atoms with van der Waals surface area (Å²) in [4.78, 5) is 2.49. The molecule has 0 aliphatic carbocycles. The summed E-state index contributed by atoms with van der Waals surface area (Å²) in [6, 6.07) is 0. The van der Waals surface area contributed by atoms with E-state index < -0.39 is 5.60 Å². The average molecular weight is 256 g/mol. The van der Waals surface area contributed by atoms with Gasteiger partial charge in [0.25, 0.3) is 0 Å². The van der Waals surface area contributed by atoms with Gasteiger partial charge in [0.05, 0.1) is 5.60 Å². The summed E-state index contributed by atoms with van der Waals surface area (Å²) < 4.78 is 0. The SMILES string of the molecule is CC(C)(O)CCN1CCC(CNC(C)(C)C)CC1. The van der Waals surface area contributed by atoms with Crippen molar-refractivity contribution in [3.63, 3.8) is 0 Å². The molecule has 1 rings (SSSR count). The fourth-order valence-electron chi connectivity index (χ4n) is 2.30. The van der Waals surface area contributed by atoms with E-state index in [1.807, 2.05) is 13.8 Å². The first kappa shape index (κ1) is 15.9. The van der Waals surface area contributed by atoms with Crippen LogP contribution in [-0.4, -0.2) is 47.3 Å². The molecular formula is C15H32N2O. The molecule has 0 unspecified atom stereocenters. The number of likely N-dealkylation sites (tertiary alicyclic amines) is 1. The highest BCUT2D eigenvalue weighted by atomic mass is 16.3. The molecule has 0 aromatic carbocycles. The average Bonchev–Trinajstić information content (AvgIpc) is 2.23. The first-order valence-electron chi connectivity index (χ1n) is 7.35. The lowest BCUT2D eigenvalue weighted by molar-refractivity contribution is 0.0518. The second-order valence-corrected chi connectivity index (χ2v) is 7.48. The number of nitrogens with zero attached hydrogens (tertiary/aromatic N) is 1. The Bertz CT molecular complexity index is 206. The van der Waals surface area contributed by atoms with Gasteiger partial charge in [-0.3, -0.25) is 0 Å². The van der Waals surface area contributed by atoms with Crippen molar-refractivity contribution in [2.24, 2.45) is 5.92 Å². The van der Waals surface area contributed by atoms with Crippen molar-refractivity contribution in [3.05, 3.63) is 0 Å². The van der Waals surface area contributed by atoms with Crippen molar-refractivity contribution in [3.8, 4) is 0 Å². The number of piperidine rings is 1. The van der Waals surface area contributed by atoms with Crippen molar-refractivity contribution in [1.29, 1.82) is 0 Å². The number of nitrogens with one attached hydrogen (secondary N) is 1. The summed E-state index contributed by atoms with van der Waals surface area (Å²) in [6.07, 6.45) is 3.45. The molecule has 0 saturated carbocycles. The van der Waals surface area contributed by atoms with Crippen LogP contribution in [0.3, 0.4) is 0 Å². The molecule has 3 nitrogen and oxygen atoms in total. The van der Waals surface area contributed by atoms with E-state index in [1.54, 1.807) is 0 Å². The van der Waals surface area contributed by atoms with Gasteiger partial charge in [0.2, 0.25) is 0 Å². The zero-order chi connectivity index (χ0) is 13.8. The van der Waals surface area contributed by atoms with Crippen molar-refractivity contribution >= 4 is 0 Å². The van der Waals surface area contributed by atoms with E-state index in [1.165, 1.54) is 25.9 Å². The van der Waals surface area contributed by atoms with E-state index in [0.29, 0.717) is 0 Å². The summed E-state index contributed by atoms with van der Waals surface area (Å²) in [7, 11) is 0. The third-order valence-electron chi connectivity index (χ3n) is 3.67. The monoisotopic (exact) mass is 256 g/mol. The Kier molecular flexibility index (Phi) is 5.63. The number of hydrogen-bond donors (Lipinski definition) is 2. The second-order valence-electron chi connectivity index (χ2n) is 7.48. The minimum absolute atomic E-state index is 0.234. The van der Waals surface area contributed by atoms with E-state index in [-0.39, 0.29) is 5.54 Å². The minimum atomic E-state index is -0.523. The van der Waals surface area contributed by atoms with E-state index in [9.17, 15) is 5.11 Å². The molecule has 0 aromatic rings. The van der Waals surface area contributed by atoms with Crippen LogP contribution in [-0.2, 0) is 0 Å². The Labute approximate surface area is 113 Å². The molecule has 3 heteroatoms. The van der Waals surface area contributed by atoms with Crippen molar-refractivity contribution in [2.45, 2.75) is 65.0 Å². The van der Waals surface area contributed by atoms with Crippen molar-refractivity contribution in [2.75, 3.05) is 26.2 Å². The highest BCUT2D eigenvalue weighted by Crippen LogP contribution is 2.19. The smallest absolute Gasteiger partial charge is 0.0603 e. The second kappa shape index (κ2) is 6.36. The lowest BCUT2D eigenvalue weighted by Crippen LogP contribution is -2.43. The van der Waals surface area contributed by atoms with Crippen LogP contribution in [0.25, 0.3) is 0 Å². The van der Waals surface area contributed by atoms with Gasteiger partial charge in [-0.25, -0.2) is 0 Å². The molecule has 0 bridgehead atoms. The molecule has 1 aliphatic rings. The number of rotatable bonds is 5. The van der Waals surface area contributed by atoms with Crippen LogP contribution in [0.5, 0.6) is 0 Å². The van der Waals surface area contributed by atoms with Gasteiger partial charge in [0.1, 0.15) is 0 Å². The quantitative estimate of drug-likeness (QED) is 0.792. The molecule has 0 amide bonds. The van der Waals surface area contributed by atoms with E-state index in [0.717, 1.165) is 25.4 Å². The molecule has 1 fully saturated rings.